The predicted molar refractivity (Wildman–Crippen MR) is 96.6 cm³/mol. The molecule has 0 aromatic heterocycles. The number of aliphatic imine (C=N–C) groups is 1. The number of terminal acetylenes is 1. The third-order valence-electron chi connectivity index (χ3n) is 3.98. The van der Waals surface area contributed by atoms with Crippen LogP contribution in [0.5, 0.6) is 0 Å². The van der Waals surface area contributed by atoms with Crippen LogP contribution >= 0.6 is 0 Å². The van der Waals surface area contributed by atoms with Gasteiger partial charge in [-0.1, -0.05) is 54.5 Å². The Morgan fingerprint density at radius 3 is 2.39 bits per heavy atom. The molecule has 116 valence electrons. The summed E-state index contributed by atoms with van der Waals surface area (Å²) in [5, 5.41) is 0. The van der Waals surface area contributed by atoms with Crippen molar-refractivity contribution in [2.45, 2.75) is 6.54 Å². The van der Waals surface area contributed by atoms with Crippen LogP contribution in [0.4, 0.5) is 5.69 Å². The van der Waals surface area contributed by atoms with Crippen molar-refractivity contribution < 1.29 is 0 Å². The molecule has 3 nitrogen and oxygen atoms in total. The molecule has 2 aromatic carbocycles. The maximum atomic E-state index is 5.48. The van der Waals surface area contributed by atoms with Crippen LogP contribution < -0.4 is 4.90 Å². The summed E-state index contributed by atoms with van der Waals surface area (Å²) >= 11 is 0. The molecule has 0 bridgehead atoms. The van der Waals surface area contributed by atoms with E-state index in [1.807, 2.05) is 12.1 Å². The first kappa shape index (κ1) is 15.2. The standard InChI is InChI=1S/C20H21N3/c1-2-14-22-15-13-21-20(22)17-23(19-11-7-4-8-12-19)16-18-9-5-3-6-10-18/h1,3-12H,13-17H2. The smallest absolute Gasteiger partial charge is 0.119 e. The van der Waals surface area contributed by atoms with Crippen molar-refractivity contribution in [3.8, 4) is 12.3 Å². The molecule has 1 aliphatic rings. The third kappa shape index (κ3) is 3.92. The molecule has 0 amide bonds. The fourth-order valence-corrected chi connectivity index (χ4v) is 2.81. The van der Waals surface area contributed by atoms with Gasteiger partial charge in [-0.25, -0.2) is 0 Å². The van der Waals surface area contributed by atoms with Crippen molar-refractivity contribution in [1.29, 1.82) is 0 Å². The molecular formula is C20H21N3. The molecule has 0 aliphatic carbocycles. The van der Waals surface area contributed by atoms with Gasteiger partial charge in [0.1, 0.15) is 5.84 Å². The third-order valence-corrected chi connectivity index (χ3v) is 3.98. The first-order chi connectivity index (χ1) is 11.4. The van der Waals surface area contributed by atoms with Crippen molar-refractivity contribution in [3.05, 3.63) is 66.2 Å². The normalized spacial score (nSPS) is 13.5. The van der Waals surface area contributed by atoms with Gasteiger partial charge in [-0.2, -0.15) is 0 Å². The maximum Gasteiger partial charge on any atom is 0.119 e. The molecule has 0 saturated heterocycles. The summed E-state index contributed by atoms with van der Waals surface area (Å²) in [5.41, 5.74) is 2.49. The number of para-hydroxylation sites is 1. The lowest BCUT2D eigenvalue weighted by Crippen LogP contribution is -2.38. The molecule has 1 aliphatic heterocycles. The topological polar surface area (TPSA) is 18.8 Å². The molecule has 0 saturated carbocycles. The van der Waals surface area contributed by atoms with Crippen molar-refractivity contribution in [3.63, 3.8) is 0 Å². The van der Waals surface area contributed by atoms with Crippen LogP contribution in [0, 0.1) is 12.3 Å². The van der Waals surface area contributed by atoms with E-state index >= 15 is 0 Å². The van der Waals surface area contributed by atoms with E-state index < -0.39 is 0 Å². The number of rotatable bonds is 6. The van der Waals surface area contributed by atoms with Gasteiger partial charge < -0.3 is 9.80 Å². The Morgan fingerprint density at radius 2 is 1.70 bits per heavy atom. The molecule has 23 heavy (non-hydrogen) atoms. The average molecular weight is 303 g/mol. The average Bonchev–Trinajstić information content (AvgIpc) is 3.03. The molecule has 0 radical (unpaired) electrons. The van der Waals surface area contributed by atoms with Crippen LogP contribution in [0.3, 0.4) is 0 Å². The van der Waals surface area contributed by atoms with E-state index in [4.69, 9.17) is 6.42 Å². The van der Waals surface area contributed by atoms with Crippen molar-refractivity contribution >= 4 is 11.5 Å². The maximum absolute atomic E-state index is 5.48. The minimum absolute atomic E-state index is 0.632. The lowest BCUT2D eigenvalue weighted by molar-refractivity contribution is 0.507. The van der Waals surface area contributed by atoms with Gasteiger partial charge in [0.25, 0.3) is 0 Å². The second-order valence-electron chi connectivity index (χ2n) is 5.60. The van der Waals surface area contributed by atoms with Gasteiger partial charge in [0, 0.05) is 18.8 Å². The number of hydrogen-bond donors (Lipinski definition) is 0. The predicted octanol–water partition coefficient (Wildman–Crippen LogP) is 3.04. The number of nitrogens with zero attached hydrogens (tertiary/aromatic N) is 3. The Kier molecular flexibility index (Phi) is 4.95. The lowest BCUT2D eigenvalue weighted by atomic mass is 10.2. The second kappa shape index (κ2) is 7.51. The van der Waals surface area contributed by atoms with E-state index in [1.54, 1.807) is 0 Å². The summed E-state index contributed by atoms with van der Waals surface area (Å²) in [5.74, 6) is 3.81. The summed E-state index contributed by atoms with van der Waals surface area (Å²) in [7, 11) is 0. The molecule has 3 rings (SSSR count). The van der Waals surface area contributed by atoms with Crippen LogP contribution in [-0.4, -0.2) is 36.9 Å². The summed E-state index contributed by atoms with van der Waals surface area (Å²) in [4.78, 5) is 9.19. The number of benzene rings is 2. The van der Waals surface area contributed by atoms with E-state index in [0.29, 0.717) is 6.54 Å². The Bertz CT molecular complexity index is 686. The lowest BCUT2D eigenvalue weighted by Gasteiger charge is -2.28. The highest BCUT2D eigenvalue weighted by Gasteiger charge is 2.19. The Morgan fingerprint density at radius 1 is 1.00 bits per heavy atom. The summed E-state index contributed by atoms with van der Waals surface area (Å²) in [6.45, 7) is 4.03. The van der Waals surface area contributed by atoms with Gasteiger partial charge in [0.05, 0.1) is 19.6 Å². The molecule has 0 atom stereocenters. The van der Waals surface area contributed by atoms with Gasteiger partial charge in [-0.15, -0.1) is 6.42 Å². The van der Waals surface area contributed by atoms with E-state index in [9.17, 15) is 0 Å². The zero-order chi connectivity index (χ0) is 15.9. The van der Waals surface area contributed by atoms with Crippen LogP contribution in [0.2, 0.25) is 0 Å². The SMILES string of the molecule is C#CCN1CCN=C1CN(Cc1ccccc1)c1ccccc1. The van der Waals surface area contributed by atoms with Gasteiger partial charge in [0.2, 0.25) is 0 Å². The molecule has 0 N–H and O–H groups in total. The quantitative estimate of drug-likeness (QED) is 0.764. The molecule has 1 heterocycles. The van der Waals surface area contributed by atoms with E-state index in [1.165, 1.54) is 11.3 Å². The van der Waals surface area contributed by atoms with Crippen LogP contribution in [0.15, 0.2) is 65.7 Å². The van der Waals surface area contributed by atoms with Crippen LogP contribution in [0.1, 0.15) is 5.56 Å². The minimum Gasteiger partial charge on any atom is -0.360 e. The highest BCUT2D eigenvalue weighted by Crippen LogP contribution is 2.18. The summed E-state index contributed by atoms with van der Waals surface area (Å²) < 4.78 is 0. The van der Waals surface area contributed by atoms with E-state index in [-0.39, 0.29) is 0 Å². The van der Waals surface area contributed by atoms with Crippen molar-refractivity contribution in [2.75, 3.05) is 31.1 Å². The fourth-order valence-electron chi connectivity index (χ4n) is 2.81. The second-order valence-corrected chi connectivity index (χ2v) is 5.60. The summed E-state index contributed by atoms with van der Waals surface area (Å²) in [6.07, 6.45) is 5.48. The molecule has 0 unspecified atom stereocenters. The molecule has 0 spiro atoms. The highest BCUT2D eigenvalue weighted by atomic mass is 15.3. The number of hydrogen-bond acceptors (Lipinski definition) is 3. The minimum atomic E-state index is 0.632. The monoisotopic (exact) mass is 303 g/mol. The number of amidine groups is 1. The van der Waals surface area contributed by atoms with Crippen molar-refractivity contribution in [1.82, 2.24) is 4.90 Å². The Hall–Kier alpha value is -2.73. The van der Waals surface area contributed by atoms with Crippen LogP contribution in [-0.2, 0) is 6.54 Å². The first-order valence-electron chi connectivity index (χ1n) is 7.92. The van der Waals surface area contributed by atoms with Crippen LogP contribution in [0.25, 0.3) is 0 Å². The molecule has 0 fully saturated rings. The molecular weight excluding hydrogens is 282 g/mol. The van der Waals surface area contributed by atoms with Gasteiger partial charge in [0.15, 0.2) is 0 Å². The Balaban J connectivity index is 1.80. The zero-order valence-electron chi connectivity index (χ0n) is 13.2. The largest absolute Gasteiger partial charge is 0.360 e. The van der Waals surface area contributed by atoms with Crippen molar-refractivity contribution in [2.24, 2.45) is 4.99 Å². The van der Waals surface area contributed by atoms with Gasteiger partial charge >= 0.3 is 0 Å². The van der Waals surface area contributed by atoms with E-state index in [0.717, 1.165) is 32.0 Å². The Labute approximate surface area is 138 Å². The zero-order valence-corrected chi connectivity index (χ0v) is 13.2. The fraction of sp³-hybridized carbons (Fsp3) is 0.250. The summed E-state index contributed by atoms with van der Waals surface area (Å²) in [6, 6.07) is 21.0. The first-order valence-corrected chi connectivity index (χ1v) is 7.92. The van der Waals surface area contributed by atoms with E-state index in [2.05, 4.69) is 69.2 Å². The molecule has 2 aromatic rings. The van der Waals surface area contributed by atoms with Gasteiger partial charge in [-0.05, 0) is 17.7 Å². The number of anilines is 1. The van der Waals surface area contributed by atoms with Gasteiger partial charge in [-0.3, -0.25) is 4.99 Å². The highest BCUT2D eigenvalue weighted by molar-refractivity contribution is 5.88. The molecule has 3 heteroatoms.